The van der Waals surface area contributed by atoms with Crippen LogP contribution in [0, 0.1) is 0 Å². The number of fused-ring (bicyclic) bond motifs is 1. The Balaban J connectivity index is 2.46. The highest BCUT2D eigenvalue weighted by atomic mass is 35.5. The van der Waals surface area contributed by atoms with Crippen molar-refractivity contribution in [1.82, 2.24) is 14.5 Å². The molecule has 0 saturated carbocycles. The van der Waals surface area contributed by atoms with Gasteiger partial charge < -0.3 is 9.30 Å². The highest BCUT2D eigenvalue weighted by Gasteiger charge is 2.15. The van der Waals surface area contributed by atoms with Crippen molar-refractivity contribution >= 4 is 34.2 Å². The van der Waals surface area contributed by atoms with E-state index in [0.717, 1.165) is 16.9 Å². The van der Waals surface area contributed by atoms with Crippen molar-refractivity contribution < 1.29 is 4.74 Å². The van der Waals surface area contributed by atoms with E-state index in [1.807, 2.05) is 18.4 Å². The molecule has 2 aromatic rings. The second-order valence-electron chi connectivity index (χ2n) is 4.03. The molecule has 0 N–H and O–H groups in total. The standard InChI is InChI=1S/C12H15Cl2N3O/c1-3-18-8(2)7-17-11(4-13)16-10-6-15-5-9(14)12(10)17/h5-6,8H,3-4,7H2,1-2H3. The molecule has 2 rings (SSSR count). The largest absolute Gasteiger partial charge is 0.377 e. The maximum absolute atomic E-state index is 6.19. The molecule has 0 spiro atoms. The van der Waals surface area contributed by atoms with Crippen molar-refractivity contribution in [3.8, 4) is 0 Å². The number of alkyl halides is 1. The van der Waals surface area contributed by atoms with Gasteiger partial charge in [-0.25, -0.2) is 4.98 Å². The fourth-order valence-corrected chi connectivity index (χ4v) is 2.45. The maximum atomic E-state index is 6.19. The molecule has 0 aromatic carbocycles. The molecule has 0 radical (unpaired) electrons. The van der Waals surface area contributed by atoms with Gasteiger partial charge in [-0.05, 0) is 13.8 Å². The van der Waals surface area contributed by atoms with Crippen molar-refractivity contribution in [2.75, 3.05) is 6.61 Å². The Morgan fingerprint density at radius 1 is 1.44 bits per heavy atom. The van der Waals surface area contributed by atoms with Crippen LogP contribution in [0.1, 0.15) is 19.7 Å². The van der Waals surface area contributed by atoms with Gasteiger partial charge in [-0.3, -0.25) is 4.98 Å². The van der Waals surface area contributed by atoms with E-state index in [1.165, 1.54) is 0 Å². The summed E-state index contributed by atoms with van der Waals surface area (Å²) in [4.78, 5) is 8.47. The molecule has 2 heterocycles. The number of hydrogen-bond acceptors (Lipinski definition) is 3. The summed E-state index contributed by atoms with van der Waals surface area (Å²) in [7, 11) is 0. The lowest BCUT2D eigenvalue weighted by Crippen LogP contribution is -2.18. The average molecular weight is 288 g/mol. The normalized spacial score (nSPS) is 13.1. The first-order valence-corrected chi connectivity index (χ1v) is 6.74. The fourth-order valence-electron chi connectivity index (χ4n) is 1.99. The lowest BCUT2D eigenvalue weighted by atomic mass is 10.3. The first-order valence-electron chi connectivity index (χ1n) is 5.83. The molecule has 6 heteroatoms. The van der Waals surface area contributed by atoms with E-state index in [0.29, 0.717) is 24.1 Å². The van der Waals surface area contributed by atoms with Gasteiger partial charge in [-0.2, -0.15) is 0 Å². The molecule has 1 atom stereocenters. The Kier molecular flexibility index (Phi) is 4.43. The average Bonchev–Trinajstić information content (AvgIpc) is 2.69. The molecule has 0 aliphatic heterocycles. The van der Waals surface area contributed by atoms with Crippen molar-refractivity contribution in [1.29, 1.82) is 0 Å². The molecule has 98 valence electrons. The van der Waals surface area contributed by atoms with E-state index in [4.69, 9.17) is 27.9 Å². The molecule has 0 bridgehead atoms. The van der Waals surface area contributed by atoms with Gasteiger partial charge in [0.25, 0.3) is 0 Å². The highest BCUT2D eigenvalue weighted by molar-refractivity contribution is 6.34. The van der Waals surface area contributed by atoms with Gasteiger partial charge in [0.1, 0.15) is 11.3 Å². The van der Waals surface area contributed by atoms with Crippen LogP contribution in [0.5, 0.6) is 0 Å². The predicted octanol–water partition coefficient (Wildman–Crippen LogP) is 3.25. The molecule has 2 aromatic heterocycles. The van der Waals surface area contributed by atoms with Crippen LogP contribution in [0.4, 0.5) is 0 Å². The molecule has 0 saturated heterocycles. The quantitative estimate of drug-likeness (QED) is 0.793. The molecule has 18 heavy (non-hydrogen) atoms. The van der Waals surface area contributed by atoms with Crippen LogP contribution >= 0.6 is 23.2 Å². The number of rotatable bonds is 5. The molecule has 4 nitrogen and oxygen atoms in total. The second kappa shape index (κ2) is 5.87. The Morgan fingerprint density at radius 3 is 2.89 bits per heavy atom. The van der Waals surface area contributed by atoms with Crippen LogP contribution in [-0.4, -0.2) is 27.2 Å². The van der Waals surface area contributed by atoms with Gasteiger partial charge in [0.2, 0.25) is 0 Å². The zero-order valence-electron chi connectivity index (χ0n) is 10.4. The van der Waals surface area contributed by atoms with Crippen LogP contribution in [0.3, 0.4) is 0 Å². The smallest absolute Gasteiger partial charge is 0.125 e. The first-order chi connectivity index (χ1) is 8.67. The Bertz CT molecular complexity index is 541. The molecular weight excluding hydrogens is 273 g/mol. The summed E-state index contributed by atoms with van der Waals surface area (Å²) in [6.07, 6.45) is 3.39. The molecule has 0 aliphatic carbocycles. The fraction of sp³-hybridized carbons (Fsp3) is 0.500. The van der Waals surface area contributed by atoms with E-state index in [9.17, 15) is 0 Å². The predicted molar refractivity (Wildman–Crippen MR) is 73.2 cm³/mol. The molecule has 0 fully saturated rings. The van der Waals surface area contributed by atoms with Crippen LogP contribution < -0.4 is 0 Å². The monoisotopic (exact) mass is 287 g/mol. The number of ether oxygens (including phenoxy) is 1. The summed E-state index contributed by atoms with van der Waals surface area (Å²) in [5.41, 5.74) is 1.63. The minimum atomic E-state index is 0.0820. The van der Waals surface area contributed by atoms with Gasteiger partial charge >= 0.3 is 0 Å². The highest BCUT2D eigenvalue weighted by Crippen LogP contribution is 2.24. The maximum Gasteiger partial charge on any atom is 0.125 e. The van der Waals surface area contributed by atoms with Gasteiger partial charge in [-0.1, -0.05) is 11.6 Å². The molecular formula is C12H15Cl2N3O. The number of nitrogens with zero attached hydrogens (tertiary/aromatic N) is 3. The SMILES string of the molecule is CCOC(C)Cn1c(CCl)nc2cncc(Cl)c21. The van der Waals surface area contributed by atoms with Crippen molar-refractivity contribution in [2.24, 2.45) is 0 Å². The summed E-state index contributed by atoms with van der Waals surface area (Å²) in [5, 5.41) is 0.583. The number of pyridine rings is 1. The minimum absolute atomic E-state index is 0.0820. The number of halogens is 2. The van der Waals surface area contributed by atoms with Crippen molar-refractivity contribution in [3.63, 3.8) is 0 Å². The first kappa shape index (κ1) is 13.6. The summed E-state index contributed by atoms with van der Waals surface area (Å²) >= 11 is 12.1. The van der Waals surface area contributed by atoms with Gasteiger partial charge in [-0.15, -0.1) is 11.6 Å². The molecule has 0 amide bonds. The topological polar surface area (TPSA) is 39.9 Å². The lowest BCUT2D eigenvalue weighted by molar-refractivity contribution is 0.0643. The third kappa shape index (κ3) is 2.60. The minimum Gasteiger partial charge on any atom is -0.377 e. The zero-order valence-corrected chi connectivity index (χ0v) is 11.9. The number of hydrogen-bond donors (Lipinski definition) is 0. The van der Waals surface area contributed by atoms with Crippen LogP contribution in [0.2, 0.25) is 5.02 Å². The van der Waals surface area contributed by atoms with E-state index < -0.39 is 0 Å². The Morgan fingerprint density at radius 2 is 2.22 bits per heavy atom. The summed E-state index contributed by atoms with van der Waals surface area (Å²) in [6.45, 7) is 5.35. The number of aromatic nitrogens is 3. The van der Waals surface area contributed by atoms with E-state index in [1.54, 1.807) is 12.4 Å². The summed E-state index contributed by atoms with van der Waals surface area (Å²) < 4.78 is 7.56. The third-order valence-corrected chi connectivity index (χ3v) is 3.21. The van der Waals surface area contributed by atoms with Gasteiger partial charge in [0.05, 0.1) is 35.3 Å². The van der Waals surface area contributed by atoms with Crippen LogP contribution in [0.15, 0.2) is 12.4 Å². The van der Waals surface area contributed by atoms with E-state index in [2.05, 4.69) is 9.97 Å². The molecule has 1 unspecified atom stereocenters. The summed E-state index contributed by atoms with van der Waals surface area (Å²) in [6, 6.07) is 0. The molecule has 0 aliphatic rings. The van der Waals surface area contributed by atoms with Gasteiger partial charge in [0.15, 0.2) is 0 Å². The van der Waals surface area contributed by atoms with E-state index >= 15 is 0 Å². The van der Waals surface area contributed by atoms with Crippen molar-refractivity contribution in [3.05, 3.63) is 23.2 Å². The zero-order chi connectivity index (χ0) is 13.1. The number of imidazole rings is 1. The van der Waals surface area contributed by atoms with E-state index in [-0.39, 0.29) is 6.10 Å². The lowest BCUT2D eigenvalue weighted by Gasteiger charge is -2.15. The van der Waals surface area contributed by atoms with Gasteiger partial charge in [0, 0.05) is 12.8 Å². The second-order valence-corrected chi connectivity index (χ2v) is 4.70. The Hall–Kier alpha value is -0.840. The summed E-state index contributed by atoms with van der Waals surface area (Å²) in [5.74, 6) is 1.12. The third-order valence-electron chi connectivity index (χ3n) is 2.69. The van der Waals surface area contributed by atoms with Crippen molar-refractivity contribution in [2.45, 2.75) is 32.4 Å². The van der Waals surface area contributed by atoms with Crippen LogP contribution in [-0.2, 0) is 17.2 Å². The Labute approximate surface area is 116 Å². The van der Waals surface area contributed by atoms with Crippen LogP contribution in [0.25, 0.3) is 11.0 Å².